The molecule has 0 aliphatic heterocycles. The highest BCUT2D eigenvalue weighted by molar-refractivity contribution is 6.25. The van der Waals surface area contributed by atoms with Crippen LogP contribution in [0.3, 0.4) is 0 Å². The first-order valence-electron chi connectivity index (χ1n) is 24.4. The van der Waals surface area contributed by atoms with E-state index in [1.807, 2.05) is 0 Å². The average Bonchev–Trinajstić information content (AvgIpc) is 3.96. The van der Waals surface area contributed by atoms with Gasteiger partial charge in [0.15, 0.2) is 0 Å². The van der Waals surface area contributed by atoms with E-state index in [1.54, 1.807) is 0 Å². The summed E-state index contributed by atoms with van der Waals surface area (Å²) >= 11 is 0. The van der Waals surface area contributed by atoms with Crippen molar-refractivity contribution < 1.29 is 4.42 Å². The highest BCUT2D eigenvalue weighted by Crippen LogP contribution is 2.57. The van der Waals surface area contributed by atoms with Crippen molar-refractivity contribution in [2.24, 2.45) is 0 Å². The van der Waals surface area contributed by atoms with Crippen molar-refractivity contribution in [3.8, 4) is 55.6 Å². The Morgan fingerprint density at radius 1 is 0.261 bits per heavy atom. The van der Waals surface area contributed by atoms with Gasteiger partial charge in [0.2, 0.25) is 0 Å². The Kier molecular flexibility index (Phi) is 7.70. The molecule has 0 amide bonds. The van der Waals surface area contributed by atoms with E-state index in [0.29, 0.717) is 0 Å². The first-order valence-corrected chi connectivity index (χ1v) is 24.4. The van der Waals surface area contributed by atoms with Crippen molar-refractivity contribution in [2.45, 2.75) is 38.5 Å². The predicted octanol–water partition coefficient (Wildman–Crippen LogP) is 19.0. The van der Waals surface area contributed by atoms with E-state index < -0.39 is 0 Å². The first-order chi connectivity index (χ1) is 33.8. The fourth-order valence-electron chi connectivity index (χ4n) is 13.3. The van der Waals surface area contributed by atoms with Crippen LogP contribution in [0.25, 0.3) is 131 Å². The standard InChI is InChI=1S/C68H46O/c1-67(2)57-28-16-15-27-52(57)64-45-20-8-6-19-44(45)55(38-59(64)67)63-49-24-12-10-22-47(49)62(48-23-11-13-25-50(48)63)41-31-34-61-54(37-41)53-35-40(30-33-60(53)69-61)39-29-32-58-56(36-39)65-46-21-9-5-17-42(46)43-18-7-14-26-51(43)66(65)68(58,3)4/h5-38H,1-4H3. The lowest BCUT2D eigenvalue weighted by molar-refractivity contribution is 0.661. The molecule has 1 nitrogen and oxygen atoms in total. The Bertz CT molecular complexity index is 4360. The van der Waals surface area contributed by atoms with Crippen LogP contribution in [0.2, 0.25) is 0 Å². The minimum absolute atomic E-state index is 0.133. The lowest BCUT2D eigenvalue weighted by Crippen LogP contribution is -2.15. The summed E-state index contributed by atoms with van der Waals surface area (Å²) in [6.07, 6.45) is 0. The van der Waals surface area contributed by atoms with Gasteiger partial charge in [-0.15, -0.1) is 0 Å². The largest absolute Gasteiger partial charge is 0.456 e. The van der Waals surface area contributed by atoms with Gasteiger partial charge in [0.05, 0.1) is 0 Å². The van der Waals surface area contributed by atoms with Crippen molar-refractivity contribution in [3.05, 3.63) is 229 Å². The van der Waals surface area contributed by atoms with E-state index in [2.05, 4.69) is 234 Å². The van der Waals surface area contributed by atoms with Crippen LogP contribution in [-0.4, -0.2) is 0 Å². The van der Waals surface area contributed by atoms with Crippen LogP contribution < -0.4 is 0 Å². The zero-order valence-electron chi connectivity index (χ0n) is 39.0. The number of benzene rings is 12. The molecule has 12 aromatic carbocycles. The Labute approximate surface area is 400 Å². The summed E-state index contributed by atoms with van der Waals surface area (Å²) in [5.74, 6) is 0. The van der Waals surface area contributed by atoms with Gasteiger partial charge in [-0.25, -0.2) is 0 Å². The summed E-state index contributed by atoms with van der Waals surface area (Å²) in [7, 11) is 0. The minimum atomic E-state index is -0.140. The van der Waals surface area contributed by atoms with Gasteiger partial charge >= 0.3 is 0 Å². The fourth-order valence-corrected chi connectivity index (χ4v) is 13.3. The van der Waals surface area contributed by atoms with Crippen molar-refractivity contribution in [2.75, 3.05) is 0 Å². The van der Waals surface area contributed by atoms with E-state index >= 15 is 0 Å². The molecule has 69 heavy (non-hydrogen) atoms. The molecule has 1 aromatic heterocycles. The molecule has 0 saturated carbocycles. The monoisotopic (exact) mass is 878 g/mol. The minimum Gasteiger partial charge on any atom is -0.456 e. The molecule has 1 heteroatoms. The molecule has 0 bridgehead atoms. The number of hydrogen-bond acceptors (Lipinski definition) is 1. The van der Waals surface area contributed by atoms with Gasteiger partial charge in [-0.2, -0.15) is 0 Å². The number of rotatable bonds is 3. The highest BCUT2D eigenvalue weighted by Gasteiger charge is 2.39. The quantitative estimate of drug-likeness (QED) is 0.127. The summed E-state index contributed by atoms with van der Waals surface area (Å²) < 4.78 is 6.64. The zero-order valence-corrected chi connectivity index (χ0v) is 39.0. The molecule has 13 aromatic rings. The molecule has 0 atom stereocenters. The van der Waals surface area contributed by atoms with Crippen molar-refractivity contribution in [3.63, 3.8) is 0 Å². The molecule has 0 radical (unpaired) electrons. The molecular weight excluding hydrogens is 833 g/mol. The predicted molar refractivity (Wildman–Crippen MR) is 293 cm³/mol. The van der Waals surface area contributed by atoms with Gasteiger partial charge in [-0.3, -0.25) is 0 Å². The van der Waals surface area contributed by atoms with Crippen LogP contribution in [-0.2, 0) is 10.8 Å². The van der Waals surface area contributed by atoms with Crippen LogP contribution in [0.4, 0.5) is 0 Å². The summed E-state index contributed by atoms with van der Waals surface area (Å²) in [4.78, 5) is 0. The third-order valence-electron chi connectivity index (χ3n) is 16.4. The molecule has 0 N–H and O–H groups in total. The van der Waals surface area contributed by atoms with Gasteiger partial charge in [-0.05, 0) is 168 Å². The lowest BCUT2D eigenvalue weighted by atomic mass is 9.79. The third kappa shape index (κ3) is 5.15. The smallest absolute Gasteiger partial charge is 0.135 e. The Morgan fingerprint density at radius 3 is 1.36 bits per heavy atom. The Morgan fingerprint density at radius 2 is 0.710 bits per heavy atom. The van der Waals surface area contributed by atoms with Crippen LogP contribution in [0.1, 0.15) is 49.9 Å². The maximum absolute atomic E-state index is 6.64. The van der Waals surface area contributed by atoms with Gasteiger partial charge in [0.1, 0.15) is 11.2 Å². The Balaban J connectivity index is 0.918. The van der Waals surface area contributed by atoms with Crippen LogP contribution in [0.5, 0.6) is 0 Å². The average molecular weight is 879 g/mol. The summed E-state index contributed by atoms with van der Waals surface area (Å²) in [6, 6.07) is 77.4. The second kappa shape index (κ2) is 13.7. The molecule has 2 aliphatic carbocycles. The molecular formula is C68H46O. The SMILES string of the molecule is CC1(C)c2ccccc2-c2c1cc(-c1c3ccccc3c(-c3ccc4oc5ccc(-c6ccc7c(c6)-c6c(c8ccccc8c8ccccc68)C7(C)C)cc5c4c3)c3ccccc13)c1ccccc21. The number of hydrogen-bond donors (Lipinski definition) is 0. The Hall–Kier alpha value is -8.26. The van der Waals surface area contributed by atoms with Crippen LogP contribution in [0, 0.1) is 0 Å². The fraction of sp³-hybridized carbons (Fsp3) is 0.0882. The molecule has 1 heterocycles. The lowest BCUT2D eigenvalue weighted by Gasteiger charge is -2.24. The third-order valence-corrected chi connectivity index (χ3v) is 16.4. The van der Waals surface area contributed by atoms with Crippen molar-refractivity contribution in [1.29, 1.82) is 0 Å². The second-order valence-electron chi connectivity index (χ2n) is 20.7. The van der Waals surface area contributed by atoms with Crippen LogP contribution in [0.15, 0.2) is 211 Å². The second-order valence-corrected chi connectivity index (χ2v) is 20.7. The summed E-state index contributed by atoms with van der Waals surface area (Å²) in [5, 5.41) is 15.1. The zero-order chi connectivity index (χ0) is 45.9. The highest BCUT2D eigenvalue weighted by atomic mass is 16.3. The van der Waals surface area contributed by atoms with E-state index in [0.717, 1.165) is 21.9 Å². The van der Waals surface area contributed by atoms with E-state index in [1.165, 1.54) is 132 Å². The van der Waals surface area contributed by atoms with Gasteiger partial charge < -0.3 is 4.42 Å². The van der Waals surface area contributed by atoms with Crippen molar-refractivity contribution in [1.82, 2.24) is 0 Å². The van der Waals surface area contributed by atoms with Gasteiger partial charge in [0, 0.05) is 21.6 Å². The maximum Gasteiger partial charge on any atom is 0.135 e. The summed E-state index contributed by atoms with van der Waals surface area (Å²) in [6.45, 7) is 9.58. The van der Waals surface area contributed by atoms with Gasteiger partial charge in [-0.1, -0.05) is 198 Å². The molecule has 324 valence electrons. The number of furan rings is 1. The van der Waals surface area contributed by atoms with Gasteiger partial charge in [0.25, 0.3) is 0 Å². The normalized spacial score (nSPS) is 14.3. The van der Waals surface area contributed by atoms with E-state index in [-0.39, 0.29) is 10.8 Å². The molecule has 2 aliphatic rings. The summed E-state index contributed by atoms with van der Waals surface area (Å²) in [5.41, 5.74) is 19.9. The van der Waals surface area contributed by atoms with Crippen LogP contribution >= 0.6 is 0 Å². The molecule has 15 rings (SSSR count). The molecule has 0 unspecified atom stereocenters. The topological polar surface area (TPSA) is 13.1 Å². The van der Waals surface area contributed by atoms with E-state index in [4.69, 9.17) is 4.42 Å². The number of fused-ring (bicyclic) bond motifs is 18. The molecule has 0 saturated heterocycles. The molecule has 0 fully saturated rings. The maximum atomic E-state index is 6.64. The first kappa shape index (κ1) is 38.8. The van der Waals surface area contributed by atoms with Crippen molar-refractivity contribution >= 4 is 75.8 Å². The molecule has 0 spiro atoms. The van der Waals surface area contributed by atoms with E-state index in [9.17, 15) is 0 Å².